The summed E-state index contributed by atoms with van der Waals surface area (Å²) in [6, 6.07) is 6.11. The Balaban J connectivity index is 1.63. The third kappa shape index (κ3) is 4.07. The van der Waals surface area contributed by atoms with Crippen molar-refractivity contribution in [2.45, 2.75) is 34.2 Å². The Hall–Kier alpha value is -2.25. The maximum atomic E-state index is 5.08. The Morgan fingerprint density at radius 1 is 1.00 bits per heavy atom. The molecule has 3 aromatic rings. The van der Waals surface area contributed by atoms with Gasteiger partial charge in [-0.2, -0.15) is 0 Å². The number of aromatic nitrogens is 3. The average Bonchev–Trinajstić information content (AvgIpc) is 3.05. The zero-order valence-corrected chi connectivity index (χ0v) is 18.7. The molecule has 0 bridgehead atoms. The van der Waals surface area contributed by atoms with Crippen molar-refractivity contribution >= 4 is 33.2 Å². The van der Waals surface area contributed by atoms with Gasteiger partial charge in [0.25, 0.3) is 0 Å². The van der Waals surface area contributed by atoms with Gasteiger partial charge in [0.05, 0.1) is 11.9 Å². The highest BCUT2D eigenvalue weighted by Gasteiger charge is 2.24. The number of pyridine rings is 1. The van der Waals surface area contributed by atoms with Crippen molar-refractivity contribution in [1.82, 2.24) is 19.9 Å². The molecule has 0 N–H and O–H groups in total. The fourth-order valence-corrected chi connectivity index (χ4v) is 4.95. The number of hydrogen-bond acceptors (Lipinski definition) is 7. The van der Waals surface area contributed by atoms with E-state index in [0.717, 1.165) is 68.1 Å². The fraction of sp³-hybridized carbons (Fsp3) is 0.500. The zero-order chi connectivity index (χ0) is 20.4. The number of aryl methyl sites for hydroxylation is 2. The van der Waals surface area contributed by atoms with Gasteiger partial charge < -0.3 is 9.80 Å². The van der Waals surface area contributed by atoms with Crippen LogP contribution in [0.2, 0.25) is 0 Å². The lowest BCUT2D eigenvalue weighted by molar-refractivity contribution is 0.288. The van der Waals surface area contributed by atoms with Crippen LogP contribution in [0.3, 0.4) is 0 Å². The maximum absolute atomic E-state index is 5.08. The van der Waals surface area contributed by atoms with Gasteiger partial charge in [-0.25, -0.2) is 15.0 Å². The summed E-state index contributed by atoms with van der Waals surface area (Å²) in [6.07, 6.45) is 1.87. The fourth-order valence-electron chi connectivity index (χ4n) is 3.91. The summed E-state index contributed by atoms with van der Waals surface area (Å²) in [7, 11) is 0. The van der Waals surface area contributed by atoms with Gasteiger partial charge in [0.15, 0.2) is 0 Å². The molecule has 154 valence electrons. The van der Waals surface area contributed by atoms with E-state index in [9.17, 15) is 0 Å². The van der Waals surface area contributed by atoms with Crippen LogP contribution in [0.15, 0.2) is 24.4 Å². The molecule has 0 amide bonds. The summed E-state index contributed by atoms with van der Waals surface area (Å²) in [4.78, 5) is 24.1. The first-order chi connectivity index (χ1) is 14.1. The number of rotatable bonds is 6. The normalized spacial score (nSPS) is 14.9. The van der Waals surface area contributed by atoms with Crippen molar-refractivity contribution in [3.8, 4) is 0 Å². The lowest BCUT2D eigenvalue weighted by atomic mass is 10.2. The smallest absolute Gasteiger partial charge is 0.146 e. The van der Waals surface area contributed by atoms with Crippen LogP contribution in [0.25, 0.3) is 10.2 Å². The predicted molar refractivity (Wildman–Crippen MR) is 122 cm³/mol. The summed E-state index contributed by atoms with van der Waals surface area (Å²) >= 11 is 1.79. The molecule has 0 atom stereocenters. The lowest BCUT2D eigenvalue weighted by Gasteiger charge is -2.36. The number of thiophene rings is 1. The van der Waals surface area contributed by atoms with Crippen LogP contribution < -0.4 is 9.80 Å². The van der Waals surface area contributed by atoms with Crippen molar-refractivity contribution in [2.24, 2.45) is 0 Å². The molecule has 0 spiro atoms. The molecule has 1 saturated heterocycles. The van der Waals surface area contributed by atoms with Gasteiger partial charge in [-0.3, -0.25) is 4.90 Å². The third-order valence-corrected chi connectivity index (χ3v) is 6.97. The molecule has 0 saturated carbocycles. The molecule has 1 aliphatic rings. The monoisotopic (exact) mass is 410 g/mol. The van der Waals surface area contributed by atoms with E-state index in [1.807, 2.05) is 12.3 Å². The number of anilines is 2. The van der Waals surface area contributed by atoms with E-state index in [-0.39, 0.29) is 0 Å². The molecular weight excluding hydrogens is 380 g/mol. The molecule has 4 rings (SSSR count). The highest BCUT2D eigenvalue weighted by molar-refractivity contribution is 7.18. The highest BCUT2D eigenvalue weighted by Crippen LogP contribution is 2.35. The van der Waals surface area contributed by atoms with Crippen molar-refractivity contribution in [3.63, 3.8) is 0 Å². The van der Waals surface area contributed by atoms with Gasteiger partial charge in [0.1, 0.15) is 22.3 Å². The minimum absolute atomic E-state index is 0.805. The third-order valence-electron chi connectivity index (χ3n) is 5.87. The second kappa shape index (κ2) is 8.63. The van der Waals surface area contributed by atoms with Crippen molar-refractivity contribution in [1.29, 1.82) is 0 Å². The van der Waals surface area contributed by atoms with E-state index in [4.69, 9.17) is 9.97 Å². The van der Waals surface area contributed by atoms with Crippen LogP contribution in [0.4, 0.5) is 11.6 Å². The largest absolute Gasteiger partial charge is 0.353 e. The molecule has 0 aromatic carbocycles. The van der Waals surface area contributed by atoms with Crippen LogP contribution in [-0.2, 0) is 6.54 Å². The van der Waals surface area contributed by atoms with E-state index in [1.165, 1.54) is 15.8 Å². The Labute approximate surface area is 177 Å². The van der Waals surface area contributed by atoms with Crippen molar-refractivity contribution in [3.05, 3.63) is 40.7 Å². The van der Waals surface area contributed by atoms with Crippen molar-refractivity contribution < 1.29 is 0 Å². The standard InChI is InChI=1S/C22H30N6S/c1-5-26(6-2)15-18-24-21(20-16(3)17(4)29-22(20)25-18)28-13-11-27(12-14-28)19-9-7-8-10-23-19/h7-10H,5-6,11-15H2,1-4H3. The number of fused-ring (bicyclic) bond motifs is 1. The number of nitrogens with zero attached hydrogens (tertiary/aromatic N) is 6. The Morgan fingerprint density at radius 2 is 1.72 bits per heavy atom. The van der Waals surface area contributed by atoms with Crippen molar-refractivity contribution in [2.75, 3.05) is 49.1 Å². The molecule has 4 heterocycles. The number of piperazine rings is 1. The molecular formula is C22H30N6S. The molecule has 1 fully saturated rings. The van der Waals surface area contributed by atoms with E-state index < -0.39 is 0 Å². The average molecular weight is 411 g/mol. The molecule has 3 aromatic heterocycles. The van der Waals surface area contributed by atoms with E-state index in [0.29, 0.717) is 0 Å². The second-order valence-corrected chi connectivity index (χ2v) is 8.75. The molecule has 7 heteroatoms. The highest BCUT2D eigenvalue weighted by atomic mass is 32.1. The Morgan fingerprint density at radius 3 is 2.38 bits per heavy atom. The second-order valence-electron chi connectivity index (χ2n) is 7.55. The van der Waals surface area contributed by atoms with Crippen LogP contribution in [-0.4, -0.2) is 59.1 Å². The van der Waals surface area contributed by atoms with Gasteiger partial charge in [-0.05, 0) is 44.6 Å². The van der Waals surface area contributed by atoms with Gasteiger partial charge in [-0.15, -0.1) is 11.3 Å². The topological polar surface area (TPSA) is 48.4 Å². The molecule has 0 radical (unpaired) electrons. The number of hydrogen-bond donors (Lipinski definition) is 0. The Bertz CT molecular complexity index is 958. The molecule has 6 nitrogen and oxygen atoms in total. The van der Waals surface area contributed by atoms with Gasteiger partial charge in [0, 0.05) is 37.3 Å². The molecule has 0 aliphatic carbocycles. The maximum Gasteiger partial charge on any atom is 0.146 e. The van der Waals surface area contributed by atoms with Crippen LogP contribution >= 0.6 is 11.3 Å². The van der Waals surface area contributed by atoms with Crippen LogP contribution in [0.1, 0.15) is 30.1 Å². The summed E-state index contributed by atoms with van der Waals surface area (Å²) < 4.78 is 0. The van der Waals surface area contributed by atoms with E-state index in [2.05, 4.69) is 59.5 Å². The first-order valence-electron chi connectivity index (χ1n) is 10.5. The first kappa shape index (κ1) is 20.0. The van der Waals surface area contributed by atoms with E-state index in [1.54, 1.807) is 11.3 Å². The molecule has 0 unspecified atom stereocenters. The lowest BCUT2D eigenvalue weighted by Crippen LogP contribution is -2.47. The minimum atomic E-state index is 0.805. The van der Waals surface area contributed by atoms with E-state index >= 15 is 0 Å². The quantitative estimate of drug-likeness (QED) is 0.615. The Kier molecular flexibility index (Phi) is 5.96. The summed E-state index contributed by atoms with van der Waals surface area (Å²) in [6.45, 7) is 15.4. The van der Waals surface area contributed by atoms with Gasteiger partial charge in [0.2, 0.25) is 0 Å². The molecule has 29 heavy (non-hydrogen) atoms. The molecule has 1 aliphatic heterocycles. The minimum Gasteiger partial charge on any atom is -0.353 e. The van der Waals surface area contributed by atoms with Crippen LogP contribution in [0, 0.1) is 13.8 Å². The predicted octanol–water partition coefficient (Wildman–Crippen LogP) is 3.87. The summed E-state index contributed by atoms with van der Waals surface area (Å²) in [5, 5.41) is 1.24. The van der Waals surface area contributed by atoms with Gasteiger partial charge >= 0.3 is 0 Å². The van der Waals surface area contributed by atoms with Gasteiger partial charge in [-0.1, -0.05) is 19.9 Å². The summed E-state index contributed by atoms with van der Waals surface area (Å²) in [5.74, 6) is 3.11. The summed E-state index contributed by atoms with van der Waals surface area (Å²) in [5.41, 5.74) is 1.32. The SMILES string of the molecule is CCN(CC)Cc1nc(N2CCN(c3ccccn3)CC2)c2c(C)c(C)sc2n1. The van der Waals surface area contributed by atoms with Crippen LogP contribution in [0.5, 0.6) is 0 Å². The first-order valence-corrected chi connectivity index (χ1v) is 11.3. The zero-order valence-electron chi connectivity index (χ0n) is 17.9.